The number of nitrogens with one attached hydrogen (secondary N) is 1. The third-order valence-electron chi connectivity index (χ3n) is 2.97. The summed E-state index contributed by atoms with van der Waals surface area (Å²) >= 11 is 0. The second-order valence-corrected chi connectivity index (χ2v) is 4.29. The van der Waals surface area contributed by atoms with Crippen molar-refractivity contribution in [2.75, 3.05) is 0 Å². The number of nitrogens with zero attached hydrogens (tertiary/aromatic N) is 1. The monoisotopic (exact) mass is 254 g/mol. The zero-order valence-corrected chi connectivity index (χ0v) is 10.1. The highest BCUT2D eigenvalue weighted by molar-refractivity contribution is 5.77. The van der Waals surface area contributed by atoms with Crippen molar-refractivity contribution in [1.29, 1.82) is 0 Å². The number of fused-ring (bicyclic) bond motifs is 1. The van der Waals surface area contributed by atoms with Gasteiger partial charge in [-0.2, -0.15) is 0 Å². The van der Waals surface area contributed by atoms with E-state index in [1.54, 1.807) is 42.5 Å². The van der Waals surface area contributed by atoms with Gasteiger partial charge in [0.05, 0.1) is 16.6 Å². The number of hydrogen-bond acceptors (Lipinski definition) is 2. The van der Waals surface area contributed by atoms with Crippen LogP contribution in [0.25, 0.3) is 16.6 Å². The third kappa shape index (κ3) is 1.86. The maximum atomic E-state index is 12.4. The van der Waals surface area contributed by atoms with Gasteiger partial charge in [-0.25, -0.2) is 9.36 Å². The van der Waals surface area contributed by atoms with Gasteiger partial charge in [0.1, 0.15) is 5.69 Å². The molecule has 2 aromatic carbocycles. The minimum Gasteiger partial charge on any atom is -0.325 e. The maximum absolute atomic E-state index is 12.4. The van der Waals surface area contributed by atoms with Crippen molar-refractivity contribution < 1.29 is 5.73 Å². The van der Waals surface area contributed by atoms with Crippen molar-refractivity contribution in [1.82, 2.24) is 9.55 Å². The molecule has 0 saturated heterocycles. The minimum atomic E-state index is -0.450. The first-order valence-electron chi connectivity index (χ1n) is 5.83. The van der Waals surface area contributed by atoms with Crippen molar-refractivity contribution in [3.8, 4) is 5.69 Å². The SMILES string of the molecule is [NH3+]c1cccc(-n2c(=O)[nH]c3ccccc3c2=O)c1. The van der Waals surface area contributed by atoms with Crippen LogP contribution in [-0.2, 0) is 0 Å². The molecule has 0 aliphatic heterocycles. The molecule has 1 aromatic heterocycles. The second kappa shape index (κ2) is 4.22. The fourth-order valence-electron chi connectivity index (χ4n) is 2.09. The molecular formula is C14H12N3O2+. The Kier molecular flexibility index (Phi) is 2.54. The molecule has 19 heavy (non-hydrogen) atoms. The Balaban J connectivity index is 2.42. The third-order valence-corrected chi connectivity index (χ3v) is 2.97. The van der Waals surface area contributed by atoms with E-state index >= 15 is 0 Å². The van der Waals surface area contributed by atoms with Crippen LogP contribution in [-0.4, -0.2) is 9.55 Å². The molecule has 0 unspecified atom stereocenters. The lowest BCUT2D eigenvalue weighted by molar-refractivity contribution is -0.254. The Hall–Kier alpha value is -2.66. The number of rotatable bonds is 1. The van der Waals surface area contributed by atoms with Crippen LogP contribution >= 0.6 is 0 Å². The number of hydrogen-bond donors (Lipinski definition) is 2. The smallest absolute Gasteiger partial charge is 0.325 e. The first-order chi connectivity index (χ1) is 9.16. The Bertz CT molecular complexity index is 877. The quantitative estimate of drug-likeness (QED) is 0.665. The molecule has 3 rings (SSSR count). The highest BCUT2D eigenvalue weighted by Crippen LogP contribution is 2.09. The molecule has 1 heterocycles. The lowest BCUT2D eigenvalue weighted by Crippen LogP contribution is -2.40. The van der Waals surface area contributed by atoms with Gasteiger partial charge < -0.3 is 10.7 Å². The van der Waals surface area contributed by atoms with Crippen LogP contribution in [0.5, 0.6) is 0 Å². The van der Waals surface area contributed by atoms with Gasteiger partial charge >= 0.3 is 5.69 Å². The molecule has 3 aromatic rings. The second-order valence-electron chi connectivity index (χ2n) is 4.29. The van der Waals surface area contributed by atoms with Crippen molar-refractivity contribution in [3.05, 3.63) is 69.4 Å². The molecule has 0 aliphatic rings. The van der Waals surface area contributed by atoms with Crippen molar-refractivity contribution in [2.24, 2.45) is 0 Å². The lowest BCUT2D eigenvalue weighted by atomic mass is 10.2. The maximum Gasteiger partial charge on any atom is 0.333 e. The van der Waals surface area contributed by atoms with E-state index in [-0.39, 0.29) is 5.56 Å². The summed E-state index contributed by atoms with van der Waals surface area (Å²) in [6.07, 6.45) is 0. The Morgan fingerprint density at radius 2 is 1.79 bits per heavy atom. The highest BCUT2D eigenvalue weighted by Gasteiger charge is 2.09. The summed E-state index contributed by atoms with van der Waals surface area (Å²) in [5.74, 6) is 0. The van der Waals surface area contributed by atoms with Crippen LogP contribution in [0.4, 0.5) is 5.69 Å². The van der Waals surface area contributed by atoms with Gasteiger partial charge in [0.25, 0.3) is 5.56 Å². The van der Waals surface area contributed by atoms with E-state index in [9.17, 15) is 9.59 Å². The van der Waals surface area contributed by atoms with Crippen LogP contribution < -0.4 is 17.0 Å². The number of aromatic amines is 1. The molecule has 0 aliphatic carbocycles. The summed E-state index contributed by atoms with van der Waals surface area (Å²) in [6.45, 7) is 0. The predicted molar refractivity (Wildman–Crippen MR) is 72.7 cm³/mol. The molecule has 0 saturated carbocycles. The fraction of sp³-hybridized carbons (Fsp3) is 0. The van der Waals surface area contributed by atoms with Crippen molar-refractivity contribution in [3.63, 3.8) is 0 Å². The average molecular weight is 254 g/mol. The topological polar surface area (TPSA) is 82.5 Å². The number of quaternary nitrogens is 1. The standard InChI is InChI=1S/C14H11N3O2/c15-9-4-3-5-10(8-9)17-13(18)11-6-1-2-7-12(11)16-14(17)19/h1-8H,15H2,(H,16,19)/p+1. The summed E-state index contributed by atoms with van der Waals surface area (Å²) < 4.78 is 1.12. The van der Waals surface area contributed by atoms with Gasteiger partial charge in [0, 0.05) is 6.07 Å². The molecule has 0 amide bonds. The predicted octanol–water partition coefficient (Wildman–Crippen LogP) is 0.552. The summed E-state index contributed by atoms with van der Waals surface area (Å²) in [5.41, 5.74) is 4.83. The molecule has 4 N–H and O–H groups in total. The zero-order chi connectivity index (χ0) is 13.4. The largest absolute Gasteiger partial charge is 0.333 e. The van der Waals surface area contributed by atoms with Gasteiger partial charge in [0.15, 0.2) is 0 Å². The van der Waals surface area contributed by atoms with Crippen LogP contribution in [0.1, 0.15) is 0 Å². The molecule has 0 radical (unpaired) electrons. The molecule has 0 bridgehead atoms. The molecular weight excluding hydrogens is 242 g/mol. The number of H-pyrrole nitrogens is 1. The minimum absolute atomic E-state index is 0.329. The van der Waals surface area contributed by atoms with Crippen LogP contribution in [0, 0.1) is 0 Å². The first-order valence-corrected chi connectivity index (χ1v) is 5.83. The van der Waals surface area contributed by atoms with Crippen molar-refractivity contribution in [2.45, 2.75) is 0 Å². The average Bonchev–Trinajstić information content (AvgIpc) is 2.39. The highest BCUT2D eigenvalue weighted by atomic mass is 16.2. The van der Waals surface area contributed by atoms with Crippen LogP contribution in [0.3, 0.4) is 0 Å². The summed E-state index contributed by atoms with van der Waals surface area (Å²) in [6, 6.07) is 13.9. The van der Waals surface area contributed by atoms with E-state index in [0.717, 1.165) is 10.3 Å². The van der Waals surface area contributed by atoms with Gasteiger partial charge in [0.2, 0.25) is 0 Å². The van der Waals surface area contributed by atoms with Gasteiger partial charge in [-0.05, 0) is 24.3 Å². The van der Waals surface area contributed by atoms with E-state index in [1.165, 1.54) is 0 Å². The summed E-state index contributed by atoms with van der Waals surface area (Å²) in [5, 5.41) is 0.483. The van der Waals surface area contributed by atoms with E-state index in [4.69, 9.17) is 0 Å². The molecule has 0 spiro atoms. The first kappa shape index (κ1) is 11.4. The molecule has 94 valence electrons. The molecule has 0 fully saturated rings. The Morgan fingerprint density at radius 1 is 1.00 bits per heavy atom. The number of para-hydroxylation sites is 1. The van der Waals surface area contributed by atoms with Crippen molar-refractivity contribution >= 4 is 16.6 Å². The van der Waals surface area contributed by atoms with Gasteiger partial charge in [-0.15, -0.1) is 0 Å². The Labute approximate surface area is 107 Å². The fourth-order valence-corrected chi connectivity index (χ4v) is 2.09. The lowest BCUT2D eigenvalue weighted by Gasteiger charge is -2.06. The molecule has 5 heteroatoms. The summed E-state index contributed by atoms with van der Waals surface area (Å²) in [4.78, 5) is 27.1. The van der Waals surface area contributed by atoms with E-state index < -0.39 is 5.69 Å². The van der Waals surface area contributed by atoms with E-state index in [2.05, 4.69) is 10.7 Å². The van der Waals surface area contributed by atoms with Crippen LogP contribution in [0.2, 0.25) is 0 Å². The van der Waals surface area contributed by atoms with E-state index in [0.29, 0.717) is 16.6 Å². The summed E-state index contributed by atoms with van der Waals surface area (Å²) in [7, 11) is 0. The number of aromatic nitrogens is 2. The zero-order valence-electron chi connectivity index (χ0n) is 10.1. The van der Waals surface area contributed by atoms with Crippen LogP contribution in [0.15, 0.2) is 58.1 Å². The number of benzene rings is 2. The molecule has 5 nitrogen and oxygen atoms in total. The Morgan fingerprint density at radius 3 is 2.58 bits per heavy atom. The van der Waals surface area contributed by atoms with Gasteiger partial charge in [-0.3, -0.25) is 4.79 Å². The van der Waals surface area contributed by atoms with E-state index in [1.807, 2.05) is 6.07 Å². The normalized spacial score (nSPS) is 10.8. The van der Waals surface area contributed by atoms with Gasteiger partial charge in [-0.1, -0.05) is 18.2 Å². The molecule has 0 atom stereocenters.